The van der Waals surface area contributed by atoms with Crippen LogP contribution in [-0.2, 0) is 26.5 Å². The molecule has 2 heterocycles. The third kappa shape index (κ3) is 4.96. The zero-order chi connectivity index (χ0) is 27.1. The van der Waals surface area contributed by atoms with Crippen LogP contribution in [-0.4, -0.2) is 35.2 Å². The molecule has 0 saturated heterocycles. The molecule has 1 saturated carbocycles. The lowest BCUT2D eigenvalue weighted by Gasteiger charge is -2.19. The highest BCUT2D eigenvalue weighted by Crippen LogP contribution is 2.54. The molecule has 196 valence electrons. The lowest BCUT2D eigenvalue weighted by Crippen LogP contribution is -2.18. The van der Waals surface area contributed by atoms with Crippen molar-refractivity contribution >= 4 is 21.4 Å². The minimum atomic E-state index is -3.39. The smallest absolute Gasteiger partial charge is 0.257 e. The van der Waals surface area contributed by atoms with Gasteiger partial charge in [-0.05, 0) is 91.4 Å². The number of amides is 1. The Kier molecular flexibility index (Phi) is 6.60. The Morgan fingerprint density at radius 2 is 1.76 bits per heavy atom. The lowest BCUT2D eigenvalue weighted by atomic mass is 9.87. The van der Waals surface area contributed by atoms with Gasteiger partial charge in [0.2, 0.25) is 5.91 Å². The average molecular weight is 535 g/mol. The van der Waals surface area contributed by atoms with Crippen LogP contribution in [0, 0.1) is 19.7 Å². The number of anilines is 1. The summed E-state index contributed by atoms with van der Waals surface area (Å²) in [6.07, 6.45) is 3.24. The molecule has 1 aliphatic carbocycles. The van der Waals surface area contributed by atoms with E-state index in [0.29, 0.717) is 28.5 Å². The number of pyridine rings is 1. The van der Waals surface area contributed by atoms with Crippen LogP contribution in [0.25, 0.3) is 11.5 Å². The third-order valence-corrected chi connectivity index (χ3v) is 8.49. The molecular weight excluding hydrogens is 507 g/mol. The molecule has 1 fully saturated rings. The number of benzene rings is 2. The first-order chi connectivity index (χ1) is 18.1. The fraction of sp³-hybridized carbons (Fsp3) is 0.286. The molecule has 1 aliphatic rings. The molecule has 0 bridgehead atoms. The van der Waals surface area contributed by atoms with Crippen LogP contribution in [0.4, 0.5) is 10.1 Å². The van der Waals surface area contributed by atoms with Crippen molar-refractivity contribution < 1.29 is 22.1 Å². The monoisotopic (exact) mass is 534 g/mol. The molecule has 2 aromatic carbocycles. The summed E-state index contributed by atoms with van der Waals surface area (Å²) < 4.78 is 42.7. The number of aromatic nitrogens is 3. The number of carbonyl (C=O) groups is 1. The number of aryl methyl sites for hydroxylation is 2. The summed E-state index contributed by atoms with van der Waals surface area (Å²) in [5.74, 6) is 0.356. The molecule has 4 aromatic rings. The molecule has 2 aromatic heterocycles. The first-order valence-electron chi connectivity index (χ1n) is 12.3. The first kappa shape index (κ1) is 25.7. The topological polar surface area (TPSA) is 115 Å². The van der Waals surface area contributed by atoms with E-state index < -0.39 is 9.84 Å². The predicted octanol–water partition coefficient (Wildman–Crippen LogP) is 4.94. The molecule has 0 spiro atoms. The molecule has 0 atom stereocenters. The SMILES string of the molecule is CCS(=O)(=O)c1ccc(CC(=O)Nc2cc(C)c(C3(c4noc(-c5ccc(F)cc5)n4)CC3)c(C)c2)cn1. The largest absolute Gasteiger partial charge is 0.334 e. The van der Waals surface area contributed by atoms with Crippen molar-refractivity contribution in [3.8, 4) is 11.5 Å². The predicted molar refractivity (Wildman–Crippen MR) is 140 cm³/mol. The maximum Gasteiger partial charge on any atom is 0.257 e. The molecular formula is C28H27FN4O4S. The zero-order valence-electron chi connectivity index (χ0n) is 21.3. The molecule has 0 radical (unpaired) electrons. The van der Waals surface area contributed by atoms with Gasteiger partial charge in [0.1, 0.15) is 5.82 Å². The Hall–Kier alpha value is -3.92. The van der Waals surface area contributed by atoms with E-state index in [1.165, 1.54) is 24.4 Å². The van der Waals surface area contributed by atoms with Gasteiger partial charge in [-0.25, -0.2) is 17.8 Å². The second-order valence-electron chi connectivity index (χ2n) is 9.63. The van der Waals surface area contributed by atoms with Crippen molar-refractivity contribution in [3.63, 3.8) is 0 Å². The van der Waals surface area contributed by atoms with Crippen molar-refractivity contribution in [2.45, 2.75) is 50.5 Å². The van der Waals surface area contributed by atoms with E-state index >= 15 is 0 Å². The maximum atomic E-state index is 13.3. The molecule has 10 heteroatoms. The summed E-state index contributed by atoms with van der Waals surface area (Å²) in [7, 11) is -3.39. The van der Waals surface area contributed by atoms with Crippen LogP contribution in [0.15, 0.2) is 64.3 Å². The van der Waals surface area contributed by atoms with Gasteiger partial charge in [-0.2, -0.15) is 4.98 Å². The molecule has 38 heavy (non-hydrogen) atoms. The fourth-order valence-electron chi connectivity index (χ4n) is 4.87. The van der Waals surface area contributed by atoms with Crippen molar-refractivity contribution in [2.75, 3.05) is 11.1 Å². The fourth-order valence-corrected chi connectivity index (χ4v) is 5.65. The van der Waals surface area contributed by atoms with E-state index in [1.807, 2.05) is 26.0 Å². The molecule has 0 unspecified atom stereocenters. The number of rotatable bonds is 8. The van der Waals surface area contributed by atoms with Crippen LogP contribution in [0.3, 0.4) is 0 Å². The van der Waals surface area contributed by atoms with Crippen molar-refractivity contribution in [1.29, 1.82) is 0 Å². The highest BCUT2D eigenvalue weighted by molar-refractivity contribution is 7.91. The molecule has 1 N–H and O–H groups in total. The molecule has 5 rings (SSSR count). The number of nitrogens with zero attached hydrogens (tertiary/aromatic N) is 3. The van der Waals surface area contributed by atoms with Gasteiger partial charge in [-0.15, -0.1) is 0 Å². The number of sulfone groups is 1. The highest BCUT2D eigenvalue weighted by atomic mass is 32.2. The number of hydrogen-bond acceptors (Lipinski definition) is 7. The van der Waals surface area contributed by atoms with E-state index in [1.54, 1.807) is 25.1 Å². The van der Waals surface area contributed by atoms with Gasteiger partial charge < -0.3 is 9.84 Å². The Morgan fingerprint density at radius 1 is 1.08 bits per heavy atom. The Labute approximate surface area is 220 Å². The standard InChI is InChI=1S/C28H27FN4O4S/c1-4-38(35,36)24-10-5-19(16-30-24)15-23(34)31-22-13-17(2)25(18(3)14-22)28(11-12-28)27-32-26(37-33-27)20-6-8-21(29)9-7-20/h5-10,13-14,16H,4,11-12,15H2,1-3H3,(H,31,34). The Balaban J connectivity index is 1.32. The van der Waals surface area contributed by atoms with E-state index in [2.05, 4.69) is 20.4 Å². The van der Waals surface area contributed by atoms with Gasteiger partial charge in [-0.1, -0.05) is 18.1 Å². The zero-order valence-corrected chi connectivity index (χ0v) is 22.1. The summed E-state index contributed by atoms with van der Waals surface area (Å²) in [6.45, 7) is 5.55. The minimum absolute atomic E-state index is 0.00592. The average Bonchev–Trinajstić information content (AvgIpc) is 3.51. The second kappa shape index (κ2) is 9.75. The molecule has 8 nitrogen and oxygen atoms in total. The van der Waals surface area contributed by atoms with Crippen LogP contribution in [0.2, 0.25) is 0 Å². The van der Waals surface area contributed by atoms with E-state index in [9.17, 15) is 17.6 Å². The minimum Gasteiger partial charge on any atom is -0.334 e. The van der Waals surface area contributed by atoms with E-state index in [4.69, 9.17) is 4.52 Å². The van der Waals surface area contributed by atoms with Crippen molar-refractivity contribution in [1.82, 2.24) is 15.1 Å². The van der Waals surface area contributed by atoms with Gasteiger partial charge in [0, 0.05) is 17.4 Å². The molecule has 1 amide bonds. The number of hydrogen-bond donors (Lipinski definition) is 1. The summed E-state index contributed by atoms with van der Waals surface area (Å²) in [4.78, 5) is 21.3. The van der Waals surface area contributed by atoms with Gasteiger partial charge in [0.05, 0.1) is 17.6 Å². The van der Waals surface area contributed by atoms with Crippen LogP contribution < -0.4 is 5.32 Å². The quantitative estimate of drug-likeness (QED) is 0.340. The van der Waals surface area contributed by atoms with E-state index in [-0.39, 0.29) is 34.3 Å². The van der Waals surface area contributed by atoms with Gasteiger partial charge >= 0.3 is 0 Å². The van der Waals surface area contributed by atoms with Crippen molar-refractivity contribution in [3.05, 3.63) is 88.6 Å². The highest BCUT2D eigenvalue weighted by Gasteiger charge is 2.51. The van der Waals surface area contributed by atoms with E-state index in [0.717, 1.165) is 29.5 Å². The van der Waals surface area contributed by atoms with Gasteiger partial charge in [0.15, 0.2) is 20.7 Å². The van der Waals surface area contributed by atoms with Gasteiger partial charge in [-0.3, -0.25) is 4.79 Å². The first-order valence-corrected chi connectivity index (χ1v) is 14.0. The van der Waals surface area contributed by atoms with Crippen LogP contribution in [0.5, 0.6) is 0 Å². The number of halogens is 1. The van der Waals surface area contributed by atoms with Gasteiger partial charge in [0.25, 0.3) is 5.89 Å². The number of nitrogens with one attached hydrogen (secondary N) is 1. The summed E-state index contributed by atoms with van der Waals surface area (Å²) in [6, 6.07) is 12.8. The van der Waals surface area contributed by atoms with Crippen LogP contribution >= 0.6 is 0 Å². The van der Waals surface area contributed by atoms with Crippen molar-refractivity contribution in [2.24, 2.45) is 0 Å². The van der Waals surface area contributed by atoms with Crippen LogP contribution in [0.1, 0.15) is 47.8 Å². The number of carbonyl (C=O) groups excluding carboxylic acids is 1. The lowest BCUT2D eigenvalue weighted by molar-refractivity contribution is -0.115. The summed E-state index contributed by atoms with van der Waals surface area (Å²) in [5.41, 5.74) is 4.70. The Bertz CT molecular complexity index is 1590. The third-order valence-electron chi connectivity index (χ3n) is 6.85. The maximum absolute atomic E-state index is 13.3. The normalized spacial score (nSPS) is 14.3. The summed E-state index contributed by atoms with van der Waals surface area (Å²) >= 11 is 0. The Morgan fingerprint density at radius 3 is 2.34 bits per heavy atom. The second-order valence-corrected chi connectivity index (χ2v) is 11.9. The molecule has 0 aliphatic heterocycles. The summed E-state index contributed by atoms with van der Waals surface area (Å²) in [5, 5.41) is 7.20.